The zero-order valence-corrected chi connectivity index (χ0v) is 27.0. The Kier molecular flexibility index (Phi) is 7.79. The summed E-state index contributed by atoms with van der Waals surface area (Å²) in [6.07, 6.45) is 2.95. The molecule has 0 spiro atoms. The molecule has 1 aliphatic carbocycles. The average molecular weight is 745 g/mol. The number of carbonyl (C=O) groups is 1. The summed E-state index contributed by atoms with van der Waals surface area (Å²) in [5.41, 5.74) is 0.669. The summed E-state index contributed by atoms with van der Waals surface area (Å²) in [6, 6.07) is 20.2. The lowest BCUT2D eigenvalue weighted by Gasteiger charge is -2.18. The third-order valence-electron chi connectivity index (χ3n) is 7.88. The molecule has 1 amide bonds. The van der Waals surface area contributed by atoms with Gasteiger partial charge in [0.2, 0.25) is 5.91 Å². The van der Waals surface area contributed by atoms with Gasteiger partial charge in [0.1, 0.15) is 29.3 Å². The van der Waals surface area contributed by atoms with Crippen molar-refractivity contribution in [3.05, 3.63) is 125 Å². The van der Waals surface area contributed by atoms with Crippen molar-refractivity contribution in [3.63, 3.8) is 0 Å². The number of nitrogens with zero attached hydrogens (tertiary/aromatic N) is 5. The predicted molar refractivity (Wildman–Crippen MR) is 184 cm³/mol. The number of rotatable bonds is 8. The van der Waals surface area contributed by atoms with E-state index in [4.69, 9.17) is 0 Å². The molecule has 0 unspecified atom stereocenters. The average Bonchev–Trinajstić information content (AvgIpc) is 3.77. The molecule has 7 rings (SSSR count). The highest BCUT2D eigenvalue weighted by Crippen LogP contribution is 2.34. The van der Waals surface area contributed by atoms with Crippen LogP contribution < -0.4 is 27.4 Å². The SMILES string of the molecule is Cc1c(=O)[nH]c(Nc2ccc(I)cc2F)c2c(=O)n(C3CC3)c(=O)n(-c3cccc(NC(=O)Cn4cc(-c5ccccc5)nn4)c3)c12. The molecule has 47 heavy (non-hydrogen) atoms. The first kappa shape index (κ1) is 30.3. The minimum atomic E-state index is -0.621. The molecule has 6 aromatic rings. The molecule has 0 saturated heterocycles. The number of benzene rings is 3. The number of pyridine rings is 1. The largest absolute Gasteiger partial charge is 0.339 e. The van der Waals surface area contributed by atoms with Crippen LogP contribution in [0.1, 0.15) is 24.4 Å². The lowest BCUT2D eigenvalue weighted by atomic mass is 10.1. The van der Waals surface area contributed by atoms with Gasteiger partial charge in [-0.1, -0.05) is 41.6 Å². The lowest BCUT2D eigenvalue weighted by Crippen LogP contribution is -2.40. The Labute approximate surface area is 279 Å². The molecule has 236 valence electrons. The number of H-pyrrole nitrogens is 1. The van der Waals surface area contributed by atoms with Crippen LogP contribution in [-0.2, 0) is 11.3 Å². The summed E-state index contributed by atoms with van der Waals surface area (Å²) in [7, 11) is 0. The number of halogens is 2. The standard InChI is InChI=1S/C33H26FIN8O4/c1-18-29-28(30(38-31(18)45)37-25-13-10-20(35)14-24(25)34)32(46)43(22-11-12-22)33(47)42(29)23-9-5-8-21(15-23)36-27(44)17-41-16-26(39-40-41)19-6-3-2-4-7-19/h2-10,13-16,22H,11-12,17H2,1H3,(H,36,44)(H2,37,38,45). The van der Waals surface area contributed by atoms with Crippen molar-refractivity contribution >= 4 is 56.6 Å². The van der Waals surface area contributed by atoms with Crippen LogP contribution in [0.2, 0.25) is 0 Å². The van der Waals surface area contributed by atoms with E-state index in [2.05, 4.69) is 25.9 Å². The van der Waals surface area contributed by atoms with Gasteiger partial charge >= 0.3 is 5.69 Å². The van der Waals surface area contributed by atoms with E-state index in [9.17, 15) is 23.6 Å². The Balaban J connectivity index is 1.29. The van der Waals surface area contributed by atoms with Crippen molar-refractivity contribution in [2.75, 3.05) is 10.6 Å². The van der Waals surface area contributed by atoms with E-state index in [1.807, 2.05) is 52.9 Å². The number of hydrogen-bond donors (Lipinski definition) is 3. The molecule has 3 aromatic carbocycles. The van der Waals surface area contributed by atoms with Gasteiger partial charge < -0.3 is 15.6 Å². The Morgan fingerprint density at radius 3 is 2.57 bits per heavy atom. The second-order valence-corrected chi connectivity index (χ2v) is 12.5. The van der Waals surface area contributed by atoms with Crippen LogP contribution >= 0.6 is 22.6 Å². The highest BCUT2D eigenvalue weighted by atomic mass is 127. The minimum absolute atomic E-state index is 0.0291. The van der Waals surface area contributed by atoms with Crippen molar-refractivity contribution in [1.29, 1.82) is 0 Å². The number of aromatic nitrogens is 6. The number of amides is 1. The topological polar surface area (TPSA) is 149 Å². The van der Waals surface area contributed by atoms with Crippen LogP contribution in [0.15, 0.2) is 93.4 Å². The molecule has 3 heterocycles. The van der Waals surface area contributed by atoms with Crippen LogP contribution in [0.3, 0.4) is 0 Å². The number of fused-ring (bicyclic) bond motifs is 1. The van der Waals surface area contributed by atoms with E-state index in [0.29, 0.717) is 33.5 Å². The van der Waals surface area contributed by atoms with Gasteiger partial charge in [0.25, 0.3) is 11.1 Å². The second kappa shape index (κ2) is 12.1. The number of carbonyl (C=O) groups excluding carboxylic acids is 1. The van der Waals surface area contributed by atoms with E-state index in [1.165, 1.54) is 32.9 Å². The second-order valence-electron chi connectivity index (χ2n) is 11.2. The maximum Gasteiger partial charge on any atom is 0.336 e. The number of hydrogen-bond acceptors (Lipinski definition) is 7. The molecule has 0 aliphatic heterocycles. The smallest absolute Gasteiger partial charge is 0.336 e. The number of aromatic amines is 1. The fraction of sp³-hybridized carbons (Fsp3) is 0.152. The zero-order valence-electron chi connectivity index (χ0n) is 24.8. The van der Waals surface area contributed by atoms with Gasteiger partial charge in [0.05, 0.1) is 23.1 Å². The molecule has 0 bridgehead atoms. The molecule has 3 N–H and O–H groups in total. The monoisotopic (exact) mass is 744 g/mol. The van der Waals surface area contributed by atoms with Gasteiger partial charge in [-0.3, -0.25) is 23.5 Å². The fourth-order valence-electron chi connectivity index (χ4n) is 5.48. The van der Waals surface area contributed by atoms with Crippen molar-refractivity contribution in [2.45, 2.75) is 32.4 Å². The predicted octanol–water partition coefficient (Wildman–Crippen LogP) is 4.87. The van der Waals surface area contributed by atoms with Gasteiger partial charge in [-0.05, 0) is 78.8 Å². The molecular formula is C33H26FIN8O4. The van der Waals surface area contributed by atoms with Crippen molar-refractivity contribution in [3.8, 4) is 16.9 Å². The van der Waals surface area contributed by atoms with Crippen molar-refractivity contribution in [1.82, 2.24) is 29.1 Å². The van der Waals surface area contributed by atoms with Crippen LogP contribution in [0.5, 0.6) is 0 Å². The Morgan fingerprint density at radius 2 is 1.83 bits per heavy atom. The number of nitrogens with one attached hydrogen (secondary N) is 3. The Bertz CT molecular complexity index is 2380. The molecule has 1 aliphatic rings. The normalized spacial score (nSPS) is 12.7. The van der Waals surface area contributed by atoms with E-state index in [0.717, 1.165) is 5.56 Å². The van der Waals surface area contributed by atoms with E-state index >= 15 is 0 Å². The maximum absolute atomic E-state index is 14.9. The number of anilines is 3. The first-order chi connectivity index (χ1) is 22.7. The minimum Gasteiger partial charge on any atom is -0.339 e. The third kappa shape index (κ3) is 5.87. The highest BCUT2D eigenvalue weighted by molar-refractivity contribution is 14.1. The van der Waals surface area contributed by atoms with Crippen LogP contribution in [0.4, 0.5) is 21.6 Å². The summed E-state index contributed by atoms with van der Waals surface area (Å²) in [4.78, 5) is 56.9. The summed E-state index contributed by atoms with van der Waals surface area (Å²) in [5, 5.41) is 13.9. The molecule has 12 nitrogen and oxygen atoms in total. The highest BCUT2D eigenvalue weighted by Gasteiger charge is 2.31. The quantitative estimate of drug-likeness (QED) is 0.189. The maximum atomic E-state index is 14.9. The van der Waals surface area contributed by atoms with Crippen LogP contribution in [0.25, 0.3) is 27.8 Å². The molecule has 0 radical (unpaired) electrons. The summed E-state index contributed by atoms with van der Waals surface area (Å²) >= 11 is 1.98. The van der Waals surface area contributed by atoms with Crippen molar-refractivity contribution in [2.24, 2.45) is 0 Å². The van der Waals surface area contributed by atoms with Crippen molar-refractivity contribution < 1.29 is 9.18 Å². The Morgan fingerprint density at radius 1 is 1.04 bits per heavy atom. The van der Waals surface area contributed by atoms with Gasteiger partial charge in [-0.2, -0.15) is 0 Å². The first-order valence-electron chi connectivity index (χ1n) is 14.7. The summed E-state index contributed by atoms with van der Waals surface area (Å²) in [6.45, 7) is 1.40. The molecule has 14 heteroatoms. The van der Waals surface area contributed by atoms with Crippen LogP contribution in [-0.4, -0.2) is 35.0 Å². The molecule has 1 fully saturated rings. The lowest BCUT2D eigenvalue weighted by molar-refractivity contribution is -0.116. The molecule has 0 atom stereocenters. The first-order valence-corrected chi connectivity index (χ1v) is 15.8. The van der Waals surface area contributed by atoms with Gasteiger partial charge in [0, 0.05) is 26.4 Å². The number of aryl methyl sites for hydroxylation is 1. The Hall–Kier alpha value is -5.38. The van der Waals surface area contributed by atoms with E-state index in [1.54, 1.807) is 36.5 Å². The van der Waals surface area contributed by atoms with Gasteiger partial charge in [-0.15, -0.1) is 5.10 Å². The third-order valence-corrected chi connectivity index (χ3v) is 8.55. The summed E-state index contributed by atoms with van der Waals surface area (Å²) < 4.78 is 19.4. The zero-order chi connectivity index (χ0) is 32.8. The summed E-state index contributed by atoms with van der Waals surface area (Å²) in [5.74, 6) is -0.991. The fourth-order valence-corrected chi connectivity index (χ4v) is 5.94. The molecule has 1 saturated carbocycles. The van der Waals surface area contributed by atoms with Gasteiger partial charge in [0.15, 0.2) is 0 Å². The van der Waals surface area contributed by atoms with Gasteiger partial charge in [-0.25, -0.2) is 13.9 Å². The molecule has 3 aromatic heterocycles. The molecular weight excluding hydrogens is 718 g/mol. The van der Waals surface area contributed by atoms with E-state index in [-0.39, 0.29) is 46.5 Å². The van der Waals surface area contributed by atoms with Crippen LogP contribution in [0, 0.1) is 16.3 Å². The van der Waals surface area contributed by atoms with E-state index < -0.39 is 22.6 Å².